The second-order valence-electron chi connectivity index (χ2n) is 1.76. The number of ketones is 1. The number of rotatable bonds is 0. The first-order valence-corrected chi connectivity index (χ1v) is 2.55. The van der Waals surface area contributed by atoms with Crippen molar-refractivity contribution in [2.45, 2.75) is 12.6 Å². The molecule has 1 unspecified atom stereocenters. The molecule has 0 aromatic rings. The minimum absolute atomic E-state index is 0.0428. The maximum atomic E-state index is 12.1. The highest BCUT2D eigenvalue weighted by atomic mass is 19.1. The molecule has 1 aliphatic rings. The van der Waals surface area contributed by atoms with Gasteiger partial charge in [0.05, 0.1) is 13.2 Å². The summed E-state index contributed by atoms with van der Waals surface area (Å²) in [6.07, 6.45) is -1.12. The van der Waals surface area contributed by atoms with E-state index in [9.17, 15) is 9.18 Å². The SMILES string of the molecule is O=C1CCOCC1F. The molecule has 0 aliphatic carbocycles. The first kappa shape index (κ1) is 5.69. The molecule has 2 nitrogen and oxygen atoms in total. The van der Waals surface area contributed by atoms with Gasteiger partial charge >= 0.3 is 0 Å². The van der Waals surface area contributed by atoms with Crippen molar-refractivity contribution in [1.82, 2.24) is 0 Å². The number of carbonyl (C=O) groups is 1. The minimum Gasteiger partial charge on any atom is -0.377 e. The molecule has 8 heavy (non-hydrogen) atoms. The molecule has 0 saturated carbocycles. The van der Waals surface area contributed by atoms with Crippen molar-refractivity contribution in [3.63, 3.8) is 0 Å². The maximum absolute atomic E-state index is 12.1. The van der Waals surface area contributed by atoms with Crippen LogP contribution in [0.4, 0.5) is 4.39 Å². The van der Waals surface area contributed by atoms with Gasteiger partial charge in [-0.25, -0.2) is 4.39 Å². The van der Waals surface area contributed by atoms with Crippen LogP contribution in [0, 0.1) is 0 Å². The molecule has 0 bridgehead atoms. The van der Waals surface area contributed by atoms with Crippen LogP contribution >= 0.6 is 0 Å². The van der Waals surface area contributed by atoms with E-state index in [-0.39, 0.29) is 18.8 Å². The van der Waals surface area contributed by atoms with Crippen molar-refractivity contribution in [3.05, 3.63) is 0 Å². The molecule has 0 aromatic carbocycles. The molecule has 1 saturated heterocycles. The lowest BCUT2D eigenvalue weighted by Crippen LogP contribution is -2.28. The van der Waals surface area contributed by atoms with E-state index in [0.717, 1.165) is 0 Å². The van der Waals surface area contributed by atoms with Gasteiger partial charge in [-0.3, -0.25) is 4.79 Å². The van der Waals surface area contributed by atoms with Gasteiger partial charge in [0, 0.05) is 6.42 Å². The molecule has 1 rings (SSSR count). The summed E-state index contributed by atoms with van der Waals surface area (Å²) in [5.74, 6) is -0.323. The highest BCUT2D eigenvalue weighted by Gasteiger charge is 2.20. The molecule has 46 valence electrons. The van der Waals surface area contributed by atoms with Crippen LogP contribution < -0.4 is 0 Å². The minimum atomic E-state index is -1.36. The third-order valence-electron chi connectivity index (χ3n) is 1.11. The fraction of sp³-hybridized carbons (Fsp3) is 0.800. The smallest absolute Gasteiger partial charge is 0.181 e. The number of hydrogen-bond acceptors (Lipinski definition) is 2. The Morgan fingerprint density at radius 2 is 2.50 bits per heavy atom. The summed E-state index contributed by atoms with van der Waals surface area (Å²) in [7, 11) is 0. The Hall–Kier alpha value is -0.440. The lowest BCUT2D eigenvalue weighted by Gasteiger charge is -2.12. The molecule has 0 radical (unpaired) electrons. The Morgan fingerprint density at radius 1 is 1.75 bits per heavy atom. The second-order valence-corrected chi connectivity index (χ2v) is 1.76. The van der Waals surface area contributed by atoms with Gasteiger partial charge in [0.2, 0.25) is 0 Å². The molecule has 0 spiro atoms. The van der Waals surface area contributed by atoms with Gasteiger partial charge in [0.1, 0.15) is 0 Å². The Bertz CT molecular complexity index is 103. The van der Waals surface area contributed by atoms with E-state index in [1.165, 1.54) is 0 Å². The lowest BCUT2D eigenvalue weighted by atomic mass is 10.2. The number of halogens is 1. The summed E-state index contributed by atoms with van der Waals surface area (Å²) < 4.78 is 16.8. The first-order valence-electron chi connectivity index (χ1n) is 2.55. The number of ether oxygens (including phenoxy) is 1. The van der Waals surface area contributed by atoms with E-state index in [1.54, 1.807) is 0 Å². The van der Waals surface area contributed by atoms with Gasteiger partial charge in [-0.15, -0.1) is 0 Å². The van der Waals surface area contributed by atoms with Crippen LogP contribution in [-0.2, 0) is 9.53 Å². The van der Waals surface area contributed by atoms with Crippen molar-refractivity contribution in [3.8, 4) is 0 Å². The van der Waals surface area contributed by atoms with Gasteiger partial charge in [0.15, 0.2) is 12.0 Å². The highest BCUT2D eigenvalue weighted by Crippen LogP contribution is 2.04. The van der Waals surface area contributed by atoms with E-state index in [4.69, 9.17) is 0 Å². The summed E-state index contributed by atoms with van der Waals surface area (Å²) in [6.45, 7) is 0.345. The third-order valence-corrected chi connectivity index (χ3v) is 1.11. The molecule has 1 fully saturated rings. The van der Waals surface area contributed by atoms with E-state index >= 15 is 0 Å². The Labute approximate surface area is 46.6 Å². The molecule has 3 heteroatoms. The first-order chi connectivity index (χ1) is 3.80. The third kappa shape index (κ3) is 1.04. The average molecular weight is 118 g/mol. The van der Waals surface area contributed by atoms with E-state index < -0.39 is 6.17 Å². The van der Waals surface area contributed by atoms with E-state index in [0.29, 0.717) is 6.61 Å². The van der Waals surface area contributed by atoms with Crippen LogP contribution in [0.5, 0.6) is 0 Å². The zero-order valence-electron chi connectivity index (χ0n) is 4.39. The van der Waals surface area contributed by atoms with E-state index in [2.05, 4.69) is 4.74 Å². The van der Waals surface area contributed by atoms with Crippen LogP contribution in [0.25, 0.3) is 0 Å². The van der Waals surface area contributed by atoms with Crippen LogP contribution in [0.2, 0.25) is 0 Å². The summed E-state index contributed by atoms with van der Waals surface area (Å²) in [5, 5.41) is 0. The molecule has 1 heterocycles. The average Bonchev–Trinajstić information content (AvgIpc) is 1.77. The molecule has 0 aromatic heterocycles. The van der Waals surface area contributed by atoms with Gasteiger partial charge in [-0.2, -0.15) is 0 Å². The Morgan fingerprint density at radius 3 is 2.88 bits per heavy atom. The summed E-state index contributed by atoms with van der Waals surface area (Å²) in [6, 6.07) is 0. The molecule has 0 amide bonds. The van der Waals surface area contributed by atoms with Crippen molar-refractivity contribution in [2.75, 3.05) is 13.2 Å². The zero-order valence-corrected chi connectivity index (χ0v) is 4.39. The number of hydrogen-bond donors (Lipinski definition) is 0. The topological polar surface area (TPSA) is 26.3 Å². The van der Waals surface area contributed by atoms with Crippen molar-refractivity contribution in [1.29, 1.82) is 0 Å². The molecule has 1 atom stereocenters. The predicted octanol–water partition coefficient (Wildman–Crippen LogP) is 0.314. The van der Waals surface area contributed by atoms with E-state index in [1.807, 2.05) is 0 Å². The normalized spacial score (nSPS) is 30.6. The van der Waals surface area contributed by atoms with Gasteiger partial charge in [0.25, 0.3) is 0 Å². The quantitative estimate of drug-likeness (QED) is 0.457. The molecule has 1 aliphatic heterocycles. The monoisotopic (exact) mass is 118 g/mol. The van der Waals surface area contributed by atoms with Gasteiger partial charge < -0.3 is 4.74 Å². The van der Waals surface area contributed by atoms with Crippen molar-refractivity contribution >= 4 is 5.78 Å². The predicted molar refractivity (Wildman–Crippen MR) is 25.3 cm³/mol. The summed E-state index contributed by atoms with van der Waals surface area (Å²) in [4.78, 5) is 10.3. The fourth-order valence-electron chi connectivity index (χ4n) is 0.609. The van der Waals surface area contributed by atoms with Gasteiger partial charge in [-0.05, 0) is 0 Å². The number of Topliss-reactive ketones (excluding diaryl/α,β-unsaturated/α-hetero) is 1. The maximum Gasteiger partial charge on any atom is 0.181 e. The lowest BCUT2D eigenvalue weighted by molar-refractivity contribution is -0.131. The molecular weight excluding hydrogens is 111 g/mol. The van der Waals surface area contributed by atoms with Crippen LogP contribution in [-0.4, -0.2) is 25.2 Å². The van der Waals surface area contributed by atoms with Crippen LogP contribution in [0.1, 0.15) is 6.42 Å². The summed E-state index contributed by atoms with van der Waals surface area (Å²) in [5.41, 5.74) is 0. The highest BCUT2D eigenvalue weighted by molar-refractivity contribution is 5.83. The Balaban J connectivity index is 2.39. The largest absolute Gasteiger partial charge is 0.377 e. The fourth-order valence-corrected chi connectivity index (χ4v) is 0.609. The standard InChI is InChI=1S/C5H7FO2/c6-4-3-8-2-1-5(4)7/h4H,1-3H2. The summed E-state index contributed by atoms with van der Waals surface area (Å²) >= 11 is 0. The number of carbonyl (C=O) groups excluding carboxylic acids is 1. The van der Waals surface area contributed by atoms with Crippen LogP contribution in [0.3, 0.4) is 0 Å². The molecular formula is C5H7FO2. The van der Waals surface area contributed by atoms with Crippen LogP contribution in [0.15, 0.2) is 0 Å². The van der Waals surface area contributed by atoms with Crippen molar-refractivity contribution in [2.24, 2.45) is 0 Å². The van der Waals surface area contributed by atoms with Crippen molar-refractivity contribution < 1.29 is 13.9 Å². The Kier molecular flexibility index (Phi) is 1.58. The number of alkyl halides is 1. The second kappa shape index (κ2) is 2.22. The van der Waals surface area contributed by atoms with Gasteiger partial charge in [-0.1, -0.05) is 0 Å². The zero-order chi connectivity index (χ0) is 5.98. The molecule has 0 N–H and O–H groups in total.